The van der Waals surface area contributed by atoms with Gasteiger partial charge in [-0.2, -0.15) is 0 Å². The van der Waals surface area contributed by atoms with Gasteiger partial charge in [-0.25, -0.2) is 0 Å². The van der Waals surface area contributed by atoms with Crippen molar-refractivity contribution in [1.82, 2.24) is 5.32 Å². The SMILES string of the molecule is CNC1CCCN(c2ccccc2OC(F)(F)F)C1=O. The Balaban J connectivity index is 2.30. The summed E-state index contributed by atoms with van der Waals surface area (Å²) in [6, 6.07) is 5.31. The van der Waals surface area contributed by atoms with Gasteiger partial charge in [0.05, 0.1) is 11.7 Å². The number of carbonyl (C=O) groups is 1. The number of rotatable bonds is 3. The molecule has 1 amide bonds. The lowest BCUT2D eigenvalue weighted by molar-refractivity contribution is -0.274. The normalized spacial score (nSPS) is 20.1. The predicted octanol–water partition coefficient (Wildman–Crippen LogP) is 2.30. The Bertz CT molecular complexity index is 491. The maximum Gasteiger partial charge on any atom is 0.573 e. The highest BCUT2D eigenvalue weighted by Crippen LogP contribution is 2.34. The molecule has 20 heavy (non-hydrogen) atoms. The zero-order chi connectivity index (χ0) is 14.8. The van der Waals surface area contributed by atoms with Gasteiger partial charge >= 0.3 is 6.36 Å². The van der Waals surface area contributed by atoms with E-state index in [0.717, 1.165) is 6.42 Å². The van der Waals surface area contributed by atoms with Gasteiger partial charge in [-0.05, 0) is 32.0 Å². The monoisotopic (exact) mass is 288 g/mol. The van der Waals surface area contributed by atoms with Gasteiger partial charge in [0.1, 0.15) is 0 Å². The lowest BCUT2D eigenvalue weighted by atomic mass is 10.0. The van der Waals surface area contributed by atoms with E-state index in [-0.39, 0.29) is 23.4 Å². The number of benzene rings is 1. The number of likely N-dealkylation sites (N-methyl/N-ethyl adjacent to an activating group) is 1. The highest BCUT2D eigenvalue weighted by Gasteiger charge is 2.35. The van der Waals surface area contributed by atoms with Gasteiger partial charge in [0, 0.05) is 6.54 Å². The molecule has 1 saturated heterocycles. The molecule has 0 saturated carbocycles. The van der Waals surface area contributed by atoms with Crippen LogP contribution >= 0.6 is 0 Å². The first-order valence-electron chi connectivity index (χ1n) is 6.26. The van der Waals surface area contributed by atoms with Crippen molar-refractivity contribution in [2.45, 2.75) is 25.2 Å². The molecule has 1 aromatic rings. The molecule has 7 heteroatoms. The molecule has 4 nitrogen and oxygen atoms in total. The summed E-state index contributed by atoms with van der Waals surface area (Å²) in [7, 11) is 1.66. The van der Waals surface area contributed by atoms with Gasteiger partial charge < -0.3 is 15.0 Å². The van der Waals surface area contributed by atoms with Crippen molar-refractivity contribution in [3.8, 4) is 5.75 Å². The maximum absolute atomic E-state index is 12.4. The second kappa shape index (κ2) is 5.70. The minimum absolute atomic E-state index is 0.148. The topological polar surface area (TPSA) is 41.6 Å². The van der Waals surface area contributed by atoms with Gasteiger partial charge in [-0.3, -0.25) is 4.79 Å². The summed E-state index contributed by atoms with van der Waals surface area (Å²) in [6.45, 7) is 0.384. The average Bonchev–Trinajstić information content (AvgIpc) is 2.38. The number of anilines is 1. The minimum atomic E-state index is -4.78. The Kier molecular flexibility index (Phi) is 4.17. The summed E-state index contributed by atoms with van der Waals surface area (Å²) in [5.41, 5.74) is 0.148. The number of piperidine rings is 1. The molecule has 1 aliphatic heterocycles. The Morgan fingerprint density at radius 2 is 2.05 bits per heavy atom. The van der Waals surface area contributed by atoms with Crippen LogP contribution in [0.2, 0.25) is 0 Å². The number of alkyl halides is 3. The number of hydrogen-bond donors (Lipinski definition) is 1. The molecule has 1 N–H and O–H groups in total. The fourth-order valence-corrected chi connectivity index (χ4v) is 2.27. The molecule has 0 spiro atoms. The van der Waals surface area contributed by atoms with Crippen LogP contribution < -0.4 is 15.0 Å². The smallest absolute Gasteiger partial charge is 0.404 e. The highest BCUT2D eigenvalue weighted by atomic mass is 19.4. The van der Waals surface area contributed by atoms with E-state index in [2.05, 4.69) is 10.1 Å². The van der Waals surface area contributed by atoms with Crippen molar-refractivity contribution in [2.75, 3.05) is 18.5 Å². The third-order valence-corrected chi connectivity index (χ3v) is 3.17. The van der Waals surface area contributed by atoms with E-state index in [1.165, 1.54) is 23.1 Å². The van der Waals surface area contributed by atoms with E-state index >= 15 is 0 Å². The van der Waals surface area contributed by atoms with Crippen molar-refractivity contribution >= 4 is 11.6 Å². The molecule has 0 aliphatic carbocycles. The van der Waals surface area contributed by atoms with E-state index in [1.54, 1.807) is 13.1 Å². The molecule has 0 bridgehead atoms. The Morgan fingerprint density at radius 1 is 1.35 bits per heavy atom. The van der Waals surface area contributed by atoms with Gasteiger partial charge in [-0.1, -0.05) is 12.1 Å². The Hall–Kier alpha value is -1.76. The first kappa shape index (κ1) is 14.6. The molecular formula is C13H15F3N2O2. The largest absolute Gasteiger partial charge is 0.573 e. The number of hydrogen-bond acceptors (Lipinski definition) is 3. The molecular weight excluding hydrogens is 273 g/mol. The summed E-state index contributed by atoms with van der Waals surface area (Å²) >= 11 is 0. The predicted molar refractivity (Wildman–Crippen MR) is 67.6 cm³/mol. The number of amides is 1. The highest BCUT2D eigenvalue weighted by molar-refractivity contribution is 5.99. The molecule has 110 valence electrons. The van der Waals surface area contributed by atoms with Crippen LogP contribution in [-0.2, 0) is 4.79 Å². The third kappa shape index (κ3) is 3.22. The first-order chi connectivity index (χ1) is 9.42. The van der Waals surface area contributed by atoms with Crippen LogP contribution in [0.25, 0.3) is 0 Å². The fraction of sp³-hybridized carbons (Fsp3) is 0.462. The summed E-state index contributed by atoms with van der Waals surface area (Å²) in [5.74, 6) is -0.595. The number of halogens is 3. The molecule has 0 aromatic heterocycles. The molecule has 1 fully saturated rings. The molecule has 1 heterocycles. The number of carbonyl (C=O) groups excluding carboxylic acids is 1. The van der Waals surface area contributed by atoms with E-state index in [9.17, 15) is 18.0 Å². The van der Waals surface area contributed by atoms with Crippen LogP contribution in [0.5, 0.6) is 5.75 Å². The van der Waals surface area contributed by atoms with Gasteiger partial charge in [-0.15, -0.1) is 13.2 Å². The summed E-state index contributed by atoms with van der Waals surface area (Å²) in [4.78, 5) is 13.5. The zero-order valence-electron chi connectivity index (χ0n) is 10.9. The molecule has 2 rings (SSSR count). The number of ether oxygens (including phenoxy) is 1. The van der Waals surface area contributed by atoms with Crippen molar-refractivity contribution in [1.29, 1.82) is 0 Å². The summed E-state index contributed by atoms with van der Waals surface area (Å²) in [5, 5.41) is 2.87. The van der Waals surface area contributed by atoms with Gasteiger partial charge in [0.2, 0.25) is 5.91 Å². The second-order valence-electron chi connectivity index (χ2n) is 4.49. The van der Waals surface area contributed by atoms with E-state index < -0.39 is 6.36 Å². The van der Waals surface area contributed by atoms with E-state index in [4.69, 9.17) is 0 Å². The fourth-order valence-electron chi connectivity index (χ4n) is 2.27. The molecule has 1 atom stereocenters. The van der Waals surface area contributed by atoms with Crippen molar-refractivity contribution in [2.24, 2.45) is 0 Å². The van der Waals surface area contributed by atoms with Gasteiger partial charge in [0.15, 0.2) is 5.75 Å². The molecule has 1 aliphatic rings. The number of nitrogens with one attached hydrogen (secondary N) is 1. The number of para-hydroxylation sites is 2. The standard InChI is InChI=1S/C13H15F3N2O2/c1-17-9-5-4-8-18(12(9)19)10-6-2-3-7-11(10)20-13(14,15)16/h2-3,6-7,9,17H,4-5,8H2,1H3. The van der Waals surface area contributed by atoms with Crippen LogP contribution in [0, 0.1) is 0 Å². The quantitative estimate of drug-likeness (QED) is 0.928. The van der Waals surface area contributed by atoms with Crippen molar-refractivity contribution in [3.05, 3.63) is 24.3 Å². The van der Waals surface area contributed by atoms with Crippen molar-refractivity contribution in [3.63, 3.8) is 0 Å². The minimum Gasteiger partial charge on any atom is -0.404 e. The van der Waals surface area contributed by atoms with Crippen molar-refractivity contribution < 1.29 is 22.7 Å². The van der Waals surface area contributed by atoms with Crippen LogP contribution in [-0.4, -0.2) is 31.9 Å². The lowest BCUT2D eigenvalue weighted by Gasteiger charge is -2.33. The van der Waals surface area contributed by atoms with Crippen LogP contribution in [0.1, 0.15) is 12.8 Å². The van der Waals surface area contributed by atoms with Crippen LogP contribution in [0.4, 0.5) is 18.9 Å². The average molecular weight is 288 g/mol. The Morgan fingerprint density at radius 3 is 2.70 bits per heavy atom. The van der Waals surface area contributed by atoms with E-state index in [1.807, 2.05) is 0 Å². The van der Waals surface area contributed by atoms with Crippen LogP contribution in [0.3, 0.4) is 0 Å². The van der Waals surface area contributed by atoms with Crippen LogP contribution in [0.15, 0.2) is 24.3 Å². The summed E-state index contributed by atoms with van der Waals surface area (Å²) < 4.78 is 41.2. The maximum atomic E-state index is 12.4. The third-order valence-electron chi connectivity index (χ3n) is 3.17. The second-order valence-corrected chi connectivity index (χ2v) is 4.49. The molecule has 1 unspecified atom stereocenters. The molecule has 1 aromatic carbocycles. The van der Waals surface area contributed by atoms with Gasteiger partial charge in [0.25, 0.3) is 0 Å². The lowest BCUT2D eigenvalue weighted by Crippen LogP contribution is -2.50. The van der Waals surface area contributed by atoms with E-state index in [0.29, 0.717) is 13.0 Å². The zero-order valence-corrected chi connectivity index (χ0v) is 10.9. The Labute approximate surface area is 114 Å². The first-order valence-corrected chi connectivity index (χ1v) is 6.26. The number of nitrogens with zero attached hydrogens (tertiary/aromatic N) is 1. The molecule has 0 radical (unpaired) electrons. The summed E-state index contributed by atoms with van der Waals surface area (Å²) in [6.07, 6.45) is -3.39.